The standard InChI is InChI=1S/C32H60O4/c1-7-8-9-10-11-12-13-14-15-16-17-20-27(23-22-26(2)25-31(3,4)5)36-30(35)32(6)24-19-18-21-28(32)29(33)34/h26-28H,7-25H2,1-6H3,(H,33,34). The molecule has 0 bridgehead atoms. The van der Waals surface area contributed by atoms with Crippen molar-refractivity contribution in [3.05, 3.63) is 0 Å². The van der Waals surface area contributed by atoms with Gasteiger partial charge in [-0.25, -0.2) is 0 Å². The molecule has 4 atom stereocenters. The normalized spacial score (nSPS) is 22.2. The van der Waals surface area contributed by atoms with Crippen LogP contribution in [0.3, 0.4) is 0 Å². The molecule has 1 N–H and O–H groups in total. The van der Waals surface area contributed by atoms with Crippen molar-refractivity contribution in [1.29, 1.82) is 0 Å². The van der Waals surface area contributed by atoms with Crippen LogP contribution < -0.4 is 0 Å². The van der Waals surface area contributed by atoms with Gasteiger partial charge in [0.1, 0.15) is 6.10 Å². The Morgan fingerprint density at radius 1 is 0.889 bits per heavy atom. The van der Waals surface area contributed by atoms with Crippen LogP contribution >= 0.6 is 0 Å². The Balaban J connectivity index is 2.54. The lowest BCUT2D eigenvalue weighted by molar-refractivity contribution is -0.174. The summed E-state index contributed by atoms with van der Waals surface area (Å²) in [5, 5.41) is 9.75. The van der Waals surface area contributed by atoms with Crippen LogP contribution in [0.1, 0.15) is 164 Å². The van der Waals surface area contributed by atoms with Crippen LogP contribution in [0, 0.1) is 22.7 Å². The van der Waals surface area contributed by atoms with E-state index < -0.39 is 17.3 Å². The van der Waals surface area contributed by atoms with Gasteiger partial charge < -0.3 is 9.84 Å². The van der Waals surface area contributed by atoms with E-state index in [0.717, 1.165) is 44.9 Å². The Morgan fingerprint density at radius 3 is 1.97 bits per heavy atom. The number of rotatable bonds is 19. The molecule has 212 valence electrons. The van der Waals surface area contributed by atoms with Crippen molar-refractivity contribution in [2.24, 2.45) is 22.7 Å². The minimum Gasteiger partial charge on any atom is -0.481 e. The average molecular weight is 509 g/mol. The first kappa shape index (κ1) is 33.0. The fraction of sp³-hybridized carbons (Fsp3) is 0.938. The lowest BCUT2D eigenvalue weighted by Crippen LogP contribution is -2.44. The molecule has 0 aliphatic heterocycles. The number of carboxylic acids is 1. The molecule has 0 radical (unpaired) electrons. The van der Waals surface area contributed by atoms with Crippen molar-refractivity contribution in [1.82, 2.24) is 0 Å². The van der Waals surface area contributed by atoms with Gasteiger partial charge in [-0.1, -0.05) is 112 Å². The van der Waals surface area contributed by atoms with E-state index in [4.69, 9.17) is 4.74 Å². The van der Waals surface area contributed by atoms with Gasteiger partial charge in [0, 0.05) is 0 Å². The molecule has 1 fully saturated rings. The number of carbonyl (C=O) groups is 2. The van der Waals surface area contributed by atoms with Gasteiger partial charge in [-0.3, -0.25) is 9.59 Å². The quantitative estimate of drug-likeness (QED) is 0.139. The van der Waals surface area contributed by atoms with Gasteiger partial charge in [-0.15, -0.1) is 0 Å². The zero-order valence-electron chi connectivity index (χ0n) is 24.8. The number of unbranched alkanes of at least 4 members (excludes halogenated alkanes) is 10. The number of carbonyl (C=O) groups excluding carboxylic acids is 1. The van der Waals surface area contributed by atoms with E-state index in [1.165, 1.54) is 64.2 Å². The Kier molecular flexibility index (Phi) is 16.0. The predicted molar refractivity (Wildman–Crippen MR) is 151 cm³/mol. The SMILES string of the molecule is CCCCCCCCCCCCCC(CCC(C)CC(C)(C)C)OC(=O)C1(C)CCCCC1C(=O)O. The number of aliphatic carboxylic acids is 1. The van der Waals surface area contributed by atoms with Gasteiger partial charge in [-0.05, 0) is 63.2 Å². The highest BCUT2D eigenvalue weighted by molar-refractivity contribution is 5.84. The van der Waals surface area contributed by atoms with E-state index >= 15 is 0 Å². The fourth-order valence-electron chi connectivity index (χ4n) is 6.18. The molecule has 1 saturated carbocycles. The third kappa shape index (κ3) is 13.5. The van der Waals surface area contributed by atoms with Crippen LogP contribution in [0.2, 0.25) is 0 Å². The summed E-state index contributed by atoms with van der Waals surface area (Å²) in [5.74, 6) is -1.16. The lowest BCUT2D eigenvalue weighted by atomic mass is 9.67. The van der Waals surface area contributed by atoms with E-state index in [1.807, 2.05) is 6.92 Å². The Labute approximate surface area is 223 Å². The molecule has 4 nitrogen and oxygen atoms in total. The summed E-state index contributed by atoms with van der Waals surface area (Å²) in [6.45, 7) is 13.2. The molecule has 0 aromatic rings. The summed E-state index contributed by atoms with van der Waals surface area (Å²) in [5.41, 5.74) is -0.595. The van der Waals surface area contributed by atoms with E-state index in [9.17, 15) is 14.7 Å². The zero-order valence-corrected chi connectivity index (χ0v) is 24.8. The Bertz CT molecular complexity index is 608. The van der Waals surface area contributed by atoms with E-state index in [1.54, 1.807) is 0 Å². The minimum atomic E-state index is -0.892. The van der Waals surface area contributed by atoms with Crippen LogP contribution in [0.15, 0.2) is 0 Å². The number of hydrogen-bond acceptors (Lipinski definition) is 3. The Morgan fingerprint density at radius 2 is 1.44 bits per heavy atom. The summed E-state index contributed by atoms with van der Waals surface area (Å²) in [6.07, 6.45) is 21.2. The van der Waals surface area contributed by atoms with Gasteiger partial charge in [-0.2, -0.15) is 0 Å². The molecule has 0 aromatic heterocycles. The molecule has 4 unspecified atom stereocenters. The molecule has 1 aliphatic carbocycles. The summed E-state index contributed by atoms with van der Waals surface area (Å²) in [4.78, 5) is 25.2. The van der Waals surface area contributed by atoms with E-state index in [2.05, 4.69) is 34.6 Å². The second-order valence-electron chi connectivity index (χ2n) is 13.4. The second-order valence-corrected chi connectivity index (χ2v) is 13.4. The second kappa shape index (κ2) is 17.4. The maximum atomic E-state index is 13.3. The lowest BCUT2D eigenvalue weighted by Gasteiger charge is -2.38. The first-order chi connectivity index (χ1) is 17.0. The molecule has 36 heavy (non-hydrogen) atoms. The third-order valence-corrected chi connectivity index (χ3v) is 8.32. The van der Waals surface area contributed by atoms with Gasteiger partial charge >= 0.3 is 11.9 Å². The molecule has 1 rings (SSSR count). The van der Waals surface area contributed by atoms with Gasteiger partial charge in [0.15, 0.2) is 0 Å². The maximum Gasteiger partial charge on any atom is 0.312 e. The van der Waals surface area contributed by atoms with Crippen LogP contribution in [-0.4, -0.2) is 23.1 Å². The van der Waals surface area contributed by atoms with E-state index in [-0.39, 0.29) is 12.1 Å². The first-order valence-corrected chi connectivity index (χ1v) is 15.4. The number of carboxylic acid groups (broad SMARTS) is 1. The average Bonchev–Trinajstić information content (AvgIpc) is 2.79. The van der Waals surface area contributed by atoms with Crippen molar-refractivity contribution in [2.45, 2.75) is 170 Å². The third-order valence-electron chi connectivity index (χ3n) is 8.32. The molecule has 0 saturated heterocycles. The molecular formula is C32H60O4. The molecule has 4 heteroatoms. The van der Waals surface area contributed by atoms with Crippen LogP contribution in [0.4, 0.5) is 0 Å². The Hall–Kier alpha value is -1.06. The predicted octanol–water partition coefficient (Wildman–Crippen LogP) is 9.73. The summed E-state index contributed by atoms with van der Waals surface area (Å²) in [7, 11) is 0. The van der Waals surface area contributed by atoms with Crippen LogP contribution in [0.5, 0.6) is 0 Å². The van der Waals surface area contributed by atoms with Gasteiger partial charge in [0.05, 0.1) is 11.3 Å². The highest BCUT2D eigenvalue weighted by Gasteiger charge is 2.48. The highest BCUT2D eigenvalue weighted by Crippen LogP contribution is 2.43. The zero-order chi connectivity index (χ0) is 27.0. The first-order valence-electron chi connectivity index (χ1n) is 15.4. The number of ether oxygens (including phenoxy) is 1. The molecule has 1 aliphatic rings. The molecular weight excluding hydrogens is 448 g/mol. The topological polar surface area (TPSA) is 63.6 Å². The molecule has 0 amide bonds. The molecule has 0 spiro atoms. The van der Waals surface area contributed by atoms with Crippen molar-refractivity contribution in [3.8, 4) is 0 Å². The molecule has 0 heterocycles. The highest BCUT2D eigenvalue weighted by atomic mass is 16.5. The number of hydrogen-bond donors (Lipinski definition) is 1. The molecule has 0 aromatic carbocycles. The minimum absolute atomic E-state index is 0.0910. The van der Waals surface area contributed by atoms with Crippen LogP contribution in [0.25, 0.3) is 0 Å². The maximum absolute atomic E-state index is 13.3. The van der Waals surface area contributed by atoms with Crippen molar-refractivity contribution < 1.29 is 19.4 Å². The van der Waals surface area contributed by atoms with Gasteiger partial charge in [0.2, 0.25) is 0 Å². The largest absolute Gasteiger partial charge is 0.481 e. The van der Waals surface area contributed by atoms with Crippen molar-refractivity contribution in [3.63, 3.8) is 0 Å². The summed E-state index contributed by atoms with van der Waals surface area (Å²) < 4.78 is 6.14. The van der Waals surface area contributed by atoms with Crippen molar-refractivity contribution >= 4 is 11.9 Å². The monoisotopic (exact) mass is 508 g/mol. The van der Waals surface area contributed by atoms with Gasteiger partial charge in [0.25, 0.3) is 0 Å². The smallest absolute Gasteiger partial charge is 0.312 e. The summed E-state index contributed by atoms with van der Waals surface area (Å²) >= 11 is 0. The van der Waals surface area contributed by atoms with Crippen molar-refractivity contribution in [2.75, 3.05) is 0 Å². The number of esters is 1. The van der Waals surface area contributed by atoms with Crippen LogP contribution in [-0.2, 0) is 14.3 Å². The van der Waals surface area contributed by atoms with E-state index in [0.29, 0.717) is 24.2 Å². The summed E-state index contributed by atoms with van der Waals surface area (Å²) in [6, 6.07) is 0. The fourth-order valence-corrected chi connectivity index (χ4v) is 6.18.